The van der Waals surface area contributed by atoms with E-state index in [0.717, 1.165) is 41.3 Å². The van der Waals surface area contributed by atoms with Crippen LogP contribution in [0.5, 0.6) is 0 Å². The number of carbonyl (C=O) groups is 1. The number of rotatable bonds is 4. The first-order valence-electron chi connectivity index (χ1n) is 6.49. The summed E-state index contributed by atoms with van der Waals surface area (Å²) in [6.45, 7) is 5.01. The van der Waals surface area contributed by atoms with Crippen molar-refractivity contribution < 1.29 is 4.79 Å². The number of thiazole rings is 1. The number of carbonyl (C=O) groups excluding carboxylic acids is 1. The minimum absolute atomic E-state index is 0. The van der Waals surface area contributed by atoms with E-state index in [2.05, 4.69) is 10.3 Å². The number of aromatic nitrogens is 1. The van der Waals surface area contributed by atoms with E-state index in [9.17, 15) is 4.79 Å². The largest absolute Gasteiger partial charge is 0.351 e. The SMILES string of the molecule is Cc1nc(C)c(CNC(=O)C2(CN)CCCC2)s1.Cl.Cl. The number of hydrogen-bond donors (Lipinski definition) is 2. The summed E-state index contributed by atoms with van der Waals surface area (Å²) in [7, 11) is 0. The second-order valence-electron chi connectivity index (χ2n) is 5.12. The number of nitrogens with one attached hydrogen (secondary N) is 1. The highest BCUT2D eigenvalue weighted by molar-refractivity contribution is 7.11. The number of hydrogen-bond acceptors (Lipinski definition) is 4. The van der Waals surface area contributed by atoms with Crippen molar-refractivity contribution in [2.45, 2.75) is 46.1 Å². The van der Waals surface area contributed by atoms with Crippen molar-refractivity contribution in [2.24, 2.45) is 11.1 Å². The van der Waals surface area contributed by atoms with Gasteiger partial charge in [-0.05, 0) is 26.7 Å². The second-order valence-corrected chi connectivity index (χ2v) is 6.40. The topological polar surface area (TPSA) is 68.0 Å². The van der Waals surface area contributed by atoms with Crippen LogP contribution in [0.1, 0.15) is 41.3 Å². The first-order chi connectivity index (χ1) is 8.57. The third kappa shape index (κ3) is 4.07. The minimum atomic E-state index is -0.312. The Kier molecular flexibility index (Phi) is 8.03. The zero-order chi connectivity index (χ0) is 13.2. The molecule has 0 aromatic carbocycles. The van der Waals surface area contributed by atoms with Gasteiger partial charge in [-0.25, -0.2) is 4.98 Å². The van der Waals surface area contributed by atoms with Gasteiger partial charge in [-0.15, -0.1) is 36.2 Å². The zero-order valence-electron chi connectivity index (χ0n) is 11.9. The van der Waals surface area contributed by atoms with Crippen LogP contribution in [-0.2, 0) is 11.3 Å². The van der Waals surface area contributed by atoms with E-state index in [1.165, 1.54) is 0 Å². The summed E-state index contributed by atoms with van der Waals surface area (Å²) in [5.41, 5.74) is 6.51. The molecule has 1 amide bonds. The zero-order valence-corrected chi connectivity index (χ0v) is 14.3. The molecule has 1 aromatic heterocycles. The lowest BCUT2D eigenvalue weighted by molar-refractivity contribution is -0.130. The van der Waals surface area contributed by atoms with Crippen LogP contribution in [-0.4, -0.2) is 17.4 Å². The highest BCUT2D eigenvalue weighted by atomic mass is 35.5. The Balaban J connectivity index is 0.00000180. The van der Waals surface area contributed by atoms with Crippen LogP contribution in [0.3, 0.4) is 0 Å². The van der Waals surface area contributed by atoms with Gasteiger partial charge in [0.2, 0.25) is 5.91 Å². The summed E-state index contributed by atoms with van der Waals surface area (Å²) in [6.07, 6.45) is 4.08. The average Bonchev–Trinajstić information content (AvgIpc) is 2.94. The van der Waals surface area contributed by atoms with Gasteiger partial charge in [0.05, 0.1) is 22.7 Å². The second kappa shape index (κ2) is 8.17. The Morgan fingerprint density at radius 3 is 2.40 bits per heavy atom. The Morgan fingerprint density at radius 1 is 1.35 bits per heavy atom. The van der Waals surface area contributed by atoms with Gasteiger partial charge >= 0.3 is 0 Å². The molecule has 0 atom stereocenters. The monoisotopic (exact) mass is 339 g/mol. The molecule has 7 heteroatoms. The number of halogens is 2. The fourth-order valence-electron chi connectivity index (χ4n) is 2.66. The molecule has 0 spiro atoms. The van der Waals surface area contributed by atoms with Crippen molar-refractivity contribution in [3.63, 3.8) is 0 Å². The number of nitrogens with zero attached hydrogens (tertiary/aromatic N) is 1. The van der Waals surface area contributed by atoms with Gasteiger partial charge in [0.25, 0.3) is 0 Å². The van der Waals surface area contributed by atoms with Crippen molar-refractivity contribution in [3.8, 4) is 0 Å². The first kappa shape index (κ1) is 19.6. The maximum atomic E-state index is 12.3. The molecule has 2 rings (SSSR count). The molecule has 1 fully saturated rings. The molecule has 0 unspecified atom stereocenters. The van der Waals surface area contributed by atoms with Gasteiger partial charge in [-0.2, -0.15) is 0 Å². The predicted octanol–water partition coefficient (Wildman–Crippen LogP) is 2.74. The van der Waals surface area contributed by atoms with Gasteiger partial charge in [0.1, 0.15) is 0 Å². The van der Waals surface area contributed by atoms with Crippen molar-refractivity contribution in [2.75, 3.05) is 6.54 Å². The van der Waals surface area contributed by atoms with Crippen LogP contribution < -0.4 is 11.1 Å². The van der Waals surface area contributed by atoms with Crippen molar-refractivity contribution in [1.29, 1.82) is 0 Å². The molecule has 1 aliphatic rings. The molecule has 1 aliphatic carbocycles. The normalized spacial score (nSPS) is 16.1. The van der Waals surface area contributed by atoms with Gasteiger partial charge < -0.3 is 11.1 Å². The summed E-state index contributed by atoms with van der Waals surface area (Å²) in [4.78, 5) is 17.8. The predicted molar refractivity (Wildman–Crippen MR) is 87.9 cm³/mol. The van der Waals surface area contributed by atoms with Crippen LogP contribution in [0.25, 0.3) is 0 Å². The standard InChI is InChI=1S/C13H21N3OS.2ClH/c1-9-11(18-10(2)16-9)7-15-12(17)13(8-14)5-3-4-6-13;;/h3-8,14H2,1-2H3,(H,15,17);2*1H. The molecule has 0 radical (unpaired) electrons. The summed E-state index contributed by atoms with van der Waals surface area (Å²) >= 11 is 1.65. The summed E-state index contributed by atoms with van der Waals surface area (Å²) in [5, 5.41) is 4.09. The van der Waals surface area contributed by atoms with Crippen LogP contribution in [0.2, 0.25) is 0 Å². The fourth-order valence-corrected chi connectivity index (χ4v) is 3.54. The Morgan fingerprint density at radius 2 is 1.95 bits per heavy atom. The minimum Gasteiger partial charge on any atom is -0.351 e. The van der Waals surface area contributed by atoms with E-state index in [4.69, 9.17) is 5.73 Å². The Labute approximate surface area is 136 Å². The van der Waals surface area contributed by atoms with Gasteiger partial charge in [0, 0.05) is 11.4 Å². The summed E-state index contributed by atoms with van der Waals surface area (Å²) in [5.74, 6) is 0.118. The molecule has 20 heavy (non-hydrogen) atoms. The lowest BCUT2D eigenvalue weighted by Crippen LogP contribution is -2.43. The van der Waals surface area contributed by atoms with Gasteiger partial charge in [-0.1, -0.05) is 12.8 Å². The molecule has 1 saturated carbocycles. The van der Waals surface area contributed by atoms with Crippen molar-refractivity contribution in [1.82, 2.24) is 10.3 Å². The van der Waals surface area contributed by atoms with Crippen LogP contribution in [0.15, 0.2) is 0 Å². The number of amides is 1. The molecule has 116 valence electrons. The quantitative estimate of drug-likeness (QED) is 0.886. The van der Waals surface area contributed by atoms with Crippen LogP contribution in [0.4, 0.5) is 0 Å². The molecule has 3 N–H and O–H groups in total. The molecule has 4 nitrogen and oxygen atoms in total. The third-order valence-corrected chi connectivity index (χ3v) is 4.92. The highest BCUT2D eigenvalue weighted by Crippen LogP contribution is 2.37. The molecule has 1 heterocycles. The Bertz CT molecular complexity index is 445. The molecular weight excluding hydrogens is 317 g/mol. The summed E-state index contributed by atoms with van der Waals surface area (Å²) < 4.78 is 0. The van der Waals surface area contributed by atoms with E-state index in [-0.39, 0.29) is 36.1 Å². The molecule has 0 aliphatic heterocycles. The maximum absolute atomic E-state index is 12.3. The number of aryl methyl sites for hydroxylation is 2. The van der Waals surface area contributed by atoms with E-state index < -0.39 is 0 Å². The number of nitrogens with two attached hydrogens (primary N) is 1. The first-order valence-corrected chi connectivity index (χ1v) is 7.30. The van der Waals surface area contributed by atoms with E-state index in [0.29, 0.717) is 13.1 Å². The maximum Gasteiger partial charge on any atom is 0.227 e. The van der Waals surface area contributed by atoms with Crippen LogP contribution in [0, 0.1) is 19.3 Å². The molecule has 0 saturated heterocycles. The molecule has 0 bridgehead atoms. The van der Waals surface area contributed by atoms with E-state index in [1.54, 1.807) is 11.3 Å². The summed E-state index contributed by atoms with van der Waals surface area (Å²) in [6, 6.07) is 0. The van der Waals surface area contributed by atoms with Gasteiger partial charge in [0.15, 0.2) is 0 Å². The van der Waals surface area contributed by atoms with E-state index in [1.807, 2.05) is 13.8 Å². The van der Waals surface area contributed by atoms with Crippen molar-refractivity contribution >= 4 is 42.1 Å². The van der Waals surface area contributed by atoms with Gasteiger partial charge in [-0.3, -0.25) is 4.79 Å². The average molecular weight is 340 g/mol. The molecular formula is C13H23Cl2N3OS. The lowest BCUT2D eigenvalue weighted by Gasteiger charge is -2.25. The Hall–Kier alpha value is -0.360. The molecule has 1 aromatic rings. The lowest BCUT2D eigenvalue weighted by atomic mass is 9.85. The van der Waals surface area contributed by atoms with E-state index >= 15 is 0 Å². The van der Waals surface area contributed by atoms with Crippen LogP contribution >= 0.6 is 36.2 Å². The smallest absolute Gasteiger partial charge is 0.227 e. The van der Waals surface area contributed by atoms with Crippen molar-refractivity contribution in [3.05, 3.63) is 15.6 Å². The fraction of sp³-hybridized carbons (Fsp3) is 0.692. The third-order valence-electron chi connectivity index (χ3n) is 3.84. The highest BCUT2D eigenvalue weighted by Gasteiger charge is 2.39.